The predicted octanol–water partition coefficient (Wildman–Crippen LogP) is 6.99. The van der Waals surface area contributed by atoms with Crippen molar-refractivity contribution in [3.63, 3.8) is 0 Å². The number of nitrogens with one attached hydrogen (secondary N) is 2. The average molecular weight is 447 g/mol. The minimum Gasteiger partial charge on any atom is -0.383 e. The predicted molar refractivity (Wildman–Crippen MR) is 138 cm³/mol. The molecule has 1 aromatic heterocycles. The lowest BCUT2D eigenvalue weighted by atomic mass is 9.93. The van der Waals surface area contributed by atoms with Crippen molar-refractivity contribution >= 4 is 29.1 Å². The van der Waals surface area contributed by atoms with E-state index in [2.05, 4.69) is 48.2 Å². The third-order valence-corrected chi connectivity index (χ3v) is 5.70. The summed E-state index contributed by atoms with van der Waals surface area (Å²) in [5.74, 6) is 0.435. The van der Waals surface area contributed by atoms with Crippen LogP contribution in [-0.4, -0.2) is 29.2 Å². The second kappa shape index (κ2) is 15.7. The molecule has 31 heavy (non-hydrogen) atoms. The maximum atomic E-state index is 10.4. The first-order valence-corrected chi connectivity index (χ1v) is 11.8. The van der Waals surface area contributed by atoms with Gasteiger partial charge in [0.2, 0.25) is 0 Å². The van der Waals surface area contributed by atoms with Crippen LogP contribution in [0.2, 0.25) is 0 Å². The Morgan fingerprint density at radius 1 is 1.26 bits per heavy atom. The average Bonchev–Trinajstić information content (AvgIpc) is 3.15. The zero-order valence-corrected chi connectivity index (χ0v) is 21.4. The van der Waals surface area contributed by atoms with E-state index in [1.54, 1.807) is 24.7 Å². The number of aryl methyl sites for hydroxylation is 2. The first-order chi connectivity index (χ1) is 14.6. The monoisotopic (exact) mass is 446 g/mol. The third-order valence-electron chi connectivity index (χ3n) is 4.59. The number of hydrogen-bond acceptors (Lipinski definition) is 5. The van der Waals surface area contributed by atoms with Gasteiger partial charge in [0.05, 0.1) is 6.34 Å². The highest BCUT2D eigenvalue weighted by Gasteiger charge is 2.30. The highest BCUT2D eigenvalue weighted by atomic mass is 32.1. The number of rotatable bonds is 8. The Balaban J connectivity index is 0.000000472. The van der Waals surface area contributed by atoms with Crippen LogP contribution < -0.4 is 5.32 Å². The number of aliphatic hydroxyl groups is 1. The summed E-state index contributed by atoms with van der Waals surface area (Å²) in [5.41, 5.74) is 2.41. The van der Waals surface area contributed by atoms with Crippen LogP contribution in [0.15, 0.2) is 35.5 Å². The van der Waals surface area contributed by atoms with Gasteiger partial charge in [-0.15, -0.1) is 11.3 Å². The van der Waals surface area contributed by atoms with Gasteiger partial charge in [-0.1, -0.05) is 52.7 Å². The number of benzene rings is 1. The lowest BCUT2D eigenvalue weighted by Crippen LogP contribution is -2.24. The van der Waals surface area contributed by atoms with Crippen molar-refractivity contribution in [1.82, 2.24) is 4.98 Å². The highest BCUT2D eigenvalue weighted by molar-refractivity contribution is 7.11. The van der Waals surface area contributed by atoms with E-state index in [0.29, 0.717) is 5.92 Å². The molecular weight excluding hydrogens is 404 g/mol. The zero-order chi connectivity index (χ0) is 23.9. The van der Waals surface area contributed by atoms with E-state index in [-0.39, 0.29) is 0 Å². The molecule has 0 aliphatic heterocycles. The maximum Gasteiger partial charge on any atom is 0.125 e. The van der Waals surface area contributed by atoms with Crippen LogP contribution in [0.25, 0.3) is 0 Å². The van der Waals surface area contributed by atoms with Gasteiger partial charge in [-0.2, -0.15) is 0 Å². The van der Waals surface area contributed by atoms with Gasteiger partial charge in [0.15, 0.2) is 0 Å². The van der Waals surface area contributed by atoms with Crippen LogP contribution in [0.5, 0.6) is 0 Å². The molecule has 0 amide bonds. The lowest BCUT2D eigenvalue weighted by Gasteiger charge is -2.24. The van der Waals surface area contributed by atoms with Crippen molar-refractivity contribution in [1.29, 1.82) is 5.41 Å². The van der Waals surface area contributed by atoms with Crippen molar-refractivity contribution in [3.05, 3.63) is 45.9 Å². The fourth-order valence-electron chi connectivity index (χ4n) is 2.61. The van der Waals surface area contributed by atoms with Crippen molar-refractivity contribution in [2.24, 2.45) is 10.9 Å². The van der Waals surface area contributed by atoms with E-state index >= 15 is 0 Å². The van der Waals surface area contributed by atoms with E-state index in [4.69, 9.17) is 5.41 Å². The van der Waals surface area contributed by atoms with Gasteiger partial charge in [-0.3, -0.25) is 4.99 Å². The second-order valence-electron chi connectivity index (χ2n) is 8.05. The van der Waals surface area contributed by atoms with Crippen LogP contribution in [-0.2, 0) is 5.60 Å². The summed E-state index contributed by atoms with van der Waals surface area (Å²) in [6.07, 6.45) is 7.14. The molecule has 6 heteroatoms. The van der Waals surface area contributed by atoms with Gasteiger partial charge in [0.25, 0.3) is 0 Å². The molecule has 174 valence electrons. The largest absolute Gasteiger partial charge is 0.383 e. The maximum absolute atomic E-state index is 10.4. The fraction of sp³-hybridized carbons (Fsp3) is 0.560. The molecule has 0 fully saturated rings. The summed E-state index contributed by atoms with van der Waals surface area (Å²) < 4.78 is 0. The van der Waals surface area contributed by atoms with E-state index in [1.165, 1.54) is 10.4 Å². The molecule has 0 spiro atoms. The fourth-order valence-corrected chi connectivity index (χ4v) is 3.52. The molecule has 0 aliphatic rings. The molecule has 0 bridgehead atoms. The molecule has 0 saturated heterocycles. The smallest absolute Gasteiger partial charge is 0.125 e. The number of aliphatic imine (C=N–C) groups is 1. The van der Waals surface area contributed by atoms with Gasteiger partial charge in [0.1, 0.15) is 10.6 Å². The van der Waals surface area contributed by atoms with Gasteiger partial charge in [-0.25, -0.2) is 4.98 Å². The SMILES string of the molecule is CC(=N)C(C)C.CCCC(O)(CCC)c1ncc(C)s1.CN=CNc1cccc(C)c1. The zero-order valence-electron chi connectivity index (χ0n) is 20.6. The molecular formula is C25H42N4OS. The molecule has 1 aromatic carbocycles. The number of aromatic nitrogens is 1. The van der Waals surface area contributed by atoms with Crippen molar-refractivity contribution in [2.75, 3.05) is 12.4 Å². The number of hydrogen-bond donors (Lipinski definition) is 3. The van der Waals surface area contributed by atoms with Gasteiger partial charge < -0.3 is 15.8 Å². The Kier molecular flexibility index (Phi) is 14.7. The summed E-state index contributed by atoms with van der Waals surface area (Å²) in [4.78, 5) is 9.29. The van der Waals surface area contributed by atoms with E-state index in [9.17, 15) is 5.11 Å². The summed E-state index contributed by atoms with van der Waals surface area (Å²) in [6, 6.07) is 8.16. The quantitative estimate of drug-likeness (QED) is 0.302. The molecule has 0 aliphatic carbocycles. The Morgan fingerprint density at radius 2 is 1.84 bits per heavy atom. The number of nitrogens with zero attached hydrogens (tertiary/aromatic N) is 2. The third kappa shape index (κ3) is 12.4. The van der Waals surface area contributed by atoms with Crippen molar-refractivity contribution < 1.29 is 5.11 Å². The lowest BCUT2D eigenvalue weighted by molar-refractivity contribution is 0.0167. The molecule has 2 aromatic rings. The molecule has 5 nitrogen and oxygen atoms in total. The Hall–Kier alpha value is -2.05. The van der Waals surface area contributed by atoms with E-state index < -0.39 is 5.60 Å². The Labute approximate surface area is 193 Å². The summed E-state index contributed by atoms with van der Waals surface area (Å²) >= 11 is 1.61. The Morgan fingerprint density at radius 3 is 2.23 bits per heavy atom. The summed E-state index contributed by atoms with van der Waals surface area (Å²) in [5, 5.41) is 21.3. The summed E-state index contributed by atoms with van der Waals surface area (Å²) in [6.45, 7) is 14.1. The molecule has 0 radical (unpaired) electrons. The van der Waals surface area contributed by atoms with Crippen molar-refractivity contribution in [2.45, 2.75) is 79.8 Å². The van der Waals surface area contributed by atoms with Crippen LogP contribution in [0.1, 0.15) is 75.8 Å². The van der Waals surface area contributed by atoms with Crippen LogP contribution in [0, 0.1) is 25.2 Å². The first-order valence-electron chi connectivity index (χ1n) is 11.0. The summed E-state index contributed by atoms with van der Waals surface area (Å²) in [7, 11) is 1.74. The van der Waals surface area contributed by atoms with Crippen LogP contribution in [0.3, 0.4) is 0 Å². The van der Waals surface area contributed by atoms with E-state index in [0.717, 1.165) is 42.1 Å². The van der Waals surface area contributed by atoms with Crippen LogP contribution >= 0.6 is 11.3 Å². The second-order valence-corrected chi connectivity index (χ2v) is 9.28. The minimum atomic E-state index is -0.678. The first kappa shape index (κ1) is 28.9. The molecule has 1 heterocycles. The molecule has 2 rings (SSSR count). The normalized spacial score (nSPS) is 10.9. The highest BCUT2D eigenvalue weighted by Crippen LogP contribution is 2.33. The molecule has 3 N–H and O–H groups in total. The van der Waals surface area contributed by atoms with Gasteiger partial charge in [0, 0.05) is 29.5 Å². The number of thiazole rings is 1. The topological polar surface area (TPSA) is 81.4 Å². The minimum absolute atomic E-state index is 0.435. The van der Waals surface area contributed by atoms with Gasteiger partial charge in [-0.05, 0) is 57.2 Å². The molecule has 0 saturated carbocycles. The number of anilines is 1. The molecule has 0 unspecified atom stereocenters. The van der Waals surface area contributed by atoms with Crippen molar-refractivity contribution in [3.8, 4) is 0 Å². The Bertz CT molecular complexity index is 777. The standard InChI is InChI=1S/C11H19NOS.C9H12N2.C5H11N/c1-4-6-11(13,7-5-2)10-12-8-9(3)14-10;1-8-4-3-5-9(6-8)11-7-10-2;1-4(2)5(3)6/h8,13H,4-7H2,1-3H3;3-7H,1-2H3,(H,10,11);4,6H,1-3H3. The van der Waals surface area contributed by atoms with E-state index in [1.807, 2.05) is 46.0 Å². The molecule has 0 atom stereocenters. The van der Waals surface area contributed by atoms with Gasteiger partial charge >= 0.3 is 0 Å². The van der Waals surface area contributed by atoms with Crippen LogP contribution in [0.4, 0.5) is 5.69 Å².